The highest BCUT2D eigenvalue weighted by atomic mass is 16.6. The van der Waals surface area contributed by atoms with Crippen LogP contribution < -0.4 is 15.0 Å². The summed E-state index contributed by atoms with van der Waals surface area (Å²) in [4.78, 5) is 36.7. The highest BCUT2D eigenvalue weighted by Crippen LogP contribution is 2.28. The molecule has 0 saturated carbocycles. The van der Waals surface area contributed by atoms with E-state index in [9.17, 15) is 19.7 Å². The molecule has 1 fully saturated rings. The summed E-state index contributed by atoms with van der Waals surface area (Å²) < 4.78 is 15.7. The fraction of sp³-hybridized carbons (Fsp3) is 0.364. The quantitative estimate of drug-likeness (QED) is 0.394. The lowest BCUT2D eigenvalue weighted by Crippen LogP contribution is -2.45. The van der Waals surface area contributed by atoms with Gasteiger partial charge in [-0.1, -0.05) is 0 Å². The average molecular weight is 443 g/mol. The highest BCUT2D eigenvalue weighted by molar-refractivity contribution is 5.92. The maximum atomic E-state index is 12.3. The molecule has 0 aliphatic carbocycles. The zero-order valence-electron chi connectivity index (χ0n) is 18.1. The Labute approximate surface area is 185 Å². The number of carbonyl (C=O) groups is 2. The smallest absolute Gasteiger partial charge is 0.337 e. The summed E-state index contributed by atoms with van der Waals surface area (Å²) in [5.41, 5.74) is 1.31. The van der Waals surface area contributed by atoms with Crippen molar-refractivity contribution in [3.63, 3.8) is 0 Å². The molecule has 1 heterocycles. The Morgan fingerprint density at radius 2 is 1.81 bits per heavy atom. The van der Waals surface area contributed by atoms with Crippen LogP contribution in [0.15, 0.2) is 42.5 Å². The Bertz CT molecular complexity index is 984. The van der Waals surface area contributed by atoms with E-state index in [1.54, 1.807) is 12.1 Å². The minimum Gasteiger partial charge on any atom is -0.477 e. The normalized spacial score (nSPS) is 18.0. The first-order valence-corrected chi connectivity index (χ1v) is 10.1. The van der Waals surface area contributed by atoms with E-state index >= 15 is 0 Å². The van der Waals surface area contributed by atoms with Crippen molar-refractivity contribution in [2.24, 2.45) is 0 Å². The van der Waals surface area contributed by atoms with Crippen LogP contribution in [0, 0.1) is 10.1 Å². The average Bonchev–Trinajstić information content (AvgIpc) is 2.76. The van der Waals surface area contributed by atoms with Crippen molar-refractivity contribution in [2.75, 3.05) is 37.0 Å². The molecule has 2 aromatic carbocycles. The molecule has 1 amide bonds. The molecule has 1 aliphatic heterocycles. The summed E-state index contributed by atoms with van der Waals surface area (Å²) in [6, 6.07) is 10.9. The van der Waals surface area contributed by atoms with Crippen molar-refractivity contribution in [1.82, 2.24) is 0 Å². The molecule has 1 N–H and O–H groups in total. The predicted molar refractivity (Wildman–Crippen MR) is 117 cm³/mol. The Kier molecular flexibility index (Phi) is 7.26. The summed E-state index contributed by atoms with van der Waals surface area (Å²) in [5.74, 6) is -1.36. The van der Waals surface area contributed by atoms with E-state index in [1.807, 2.05) is 26.0 Å². The third kappa shape index (κ3) is 5.73. The van der Waals surface area contributed by atoms with Crippen molar-refractivity contribution in [3.05, 3.63) is 58.1 Å². The number of amides is 1. The fourth-order valence-corrected chi connectivity index (χ4v) is 3.51. The van der Waals surface area contributed by atoms with E-state index < -0.39 is 23.4 Å². The second-order valence-corrected chi connectivity index (χ2v) is 7.48. The number of hydrogen-bond acceptors (Lipinski definition) is 8. The van der Waals surface area contributed by atoms with Gasteiger partial charge in [-0.2, -0.15) is 0 Å². The molecule has 1 aliphatic rings. The van der Waals surface area contributed by atoms with Gasteiger partial charge >= 0.3 is 11.7 Å². The minimum atomic E-state index is -0.668. The summed E-state index contributed by atoms with van der Waals surface area (Å²) in [6.07, 6.45) is 0.272. The molecule has 0 radical (unpaired) electrons. The Hall–Kier alpha value is -3.66. The third-order valence-electron chi connectivity index (χ3n) is 4.87. The van der Waals surface area contributed by atoms with Crippen LogP contribution in [0.1, 0.15) is 24.2 Å². The van der Waals surface area contributed by atoms with Crippen LogP contribution in [0.25, 0.3) is 0 Å². The van der Waals surface area contributed by atoms with Gasteiger partial charge in [0.15, 0.2) is 12.4 Å². The number of nitrogens with one attached hydrogen (secondary N) is 1. The molecule has 0 bridgehead atoms. The van der Waals surface area contributed by atoms with Crippen LogP contribution in [-0.2, 0) is 14.3 Å². The van der Waals surface area contributed by atoms with Gasteiger partial charge in [0, 0.05) is 36.6 Å². The van der Waals surface area contributed by atoms with Gasteiger partial charge in [-0.15, -0.1) is 0 Å². The molecule has 1 saturated heterocycles. The molecule has 3 rings (SSSR count). The zero-order chi connectivity index (χ0) is 23.3. The van der Waals surface area contributed by atoms with Gasteiger partial charge in [-0.25, -0.2) is 4.79 Å². The second-order valence-electron chi connectivity index (χ2n) is 7.48. The van der Waals surface area contributed by atoms with Gasteiger partial charge in [0.25, 0.3) is 5.91 Å². The highest BCUT2D eigenvalue weighted by Gasteiger charge is 2.22. The van der Waals surface area contributed by atoms with Gasteiger partial charge in [-0.3, -0.25) is 14.9 Å². The number of morpholine rings is 1. The van der Waals surface area contributed by atoms with Crippen LogP contribution in [0.4, 0.5) is 17.1 Å². The number of hydrogen-bond donors (Lipinski definition) is 1. The lowest BCUT2D eigenvalue weighted by Gasteiger charge is -2.36. The first kappa shape index (κ1) is 23.0. The van der Waals surface area contributed by atoms with Crippen LogP contribution >= 0.6 is 0 Å². The number of ether oxygens (including phenoxy) is 3. The zero-order valence-corrected chi connectivity index (χ0v) is 18.1. The Morgan fingerprint density at radius 1 is 1.16 bits per heavy atom. The molecule has 0 aromatic heterocycles. The molecule has 32 heavy (non-hydrogen) atoms. The van der Waals surface area contributed by atoms with Crippen molar-refractivity contribution in [3.8, 4) is 5.75 Å². The maximum Gasteiger partial charge on any atom is 0.337 e. The second kappa shape index (κ2) is 10.1. The lowest BCUT2D eigenvalue weighted by atomic mass is 10.2. The summed E-state index contributed by atoms with van der Waals surface area (Å²) in [6.45, 7) is 5.16. The number of nitro benzene ring substituents is 1. The van der Waals surface area contributed by atoms with Gasteiger partial charge in [0.2, 0.25) is 0 Å². The van der Waals surface area contributed by atoms with E-state index in [4.69, 9.17) is 9.47 Å². The van der Waals surface area contributed by atoms with Crippen molar-refractivity contribution in [2.45, 2.75) is 26.1 Å². The molecule has 170 valence electrons. The summed E-state index contributed by atoms with van der Waals surface area (Å²) in [7, 11) is 1.20. The number of nitrogens with zero attached hydrogens (tertiary/aromatic N) is 2. The van der Waals surface area contributed by atoms with Crippen molar-refractivity contribution >= 4 is 28.9 Å². The molecule has 2 unspecified atom stereocenters. The maximum absolute atomic E-state index is 12.3. The molecular formula is C22H25N3O7. The van der Waals surface area contributed by atoms with Crippen LogP contribution in [0.5, 0.6) is 5.75 Å². The number of anilines is 2. The molecular weight excluding hydrogens is 418 g/mol. The van der Waals surface area contributed by atoms with Gasteiger partial charge in [-0.05, 0) is 44.2 Å². The van der Waals surface area contributed by atoms with Crippen LogP contribution in [-0.4, -0.2) is 55.8 Å². The van der Waals surface area contributed by atoms with Gasteiger partial charge in [0.05, 0.1) is 29.8 Å². The standard InChI is InChI=1S/C22H25N3O7/c1-14-11-24(12-15(2)32-14)18-7-5-17(6-8-18)23-21(26)13-31-20-10-16(22(27)30-3)4-9-19(20)25(28)29/h4-10,14-15H,11-13H2,1-3H3,(H,23,26). The summed E-state index contributed by atoms with van der Waals surface area (Å²) in [5, 5.41) is 13.9. The first-order chi connectivity index (χ1) is 15.3. The van der Waals surface area contributed by atoms with E-state index in [0.717, 1.165) is 24.8 Å². The lowest BCUT2D eigenvalue weighted by molar-refractivity contribution is -0.385. The molecule has 10 nitrogen and oxygen atoms in total. The Balaban J connectivity index is 1.61. The van der Waals surface area contributed by atoms with E-state index in [2.05, 4.69) is 15.0 Å². The molecule has 10 heteroatoms. The van der Waals surface area contributed by atoms with E-state index in [-0.39, 0.29) is 29.2 Å². The van der Waals surface area contributed by atoms with Crippen LogP contribution in [0.2, 0.25) is 0 Å². The Morgan fingerprint density at radius 3 is 2.41 bits per heavy atom. The number of nitro groups is 1. The number of esters is 1. The number of rotatable bonds is 7. The van der Waals surface area contributed by atoms with Crippen molar-refractivity contribution in [1.29, 1.82) is 0 Å². The number of carbonyl (C=O) groups excluding carboxylic acids is 2. The third-order valence-corrected chi connectivity index (χ3v) is 4.87. The van der Waals surface area contributed by atoms with Crippen LogP contribution in [0.3, 0.4) is 0 Å². The number of methoxy groups -OCH3 is 1. The predicted octanol–water partition coefficient (Wildman–Crippen LogP) is 3.01. The summed E-state index contributed by atoms with van der Waals surface area (Å²) >= 11 is 0. The monoisotopic (exact) mass is 443 g/mol. The van der Waals surface area contributed by atoms with Gasteiger partial charge < -0.3 is 24.4 Å². The molecule has 2 atom stereocenters. The van der Waals surface area contributed by atoms with Crippen molar-refractivity contribution < 1.29 is 28.7 Å². The number of benzene rings is 2. The SMILES string of the molecule is COC(=O)c1ccc([N+](=O)[O-])c(OCC(=O)Nc2ccc(N3CC(C)OC(C)C3)cc2)c1. The first-order valence-electron chi connectivity index (χ1n) is 10.1. The minimum absolute atomic E-state index is 0.0795. The van der Waals surface area contributed by atoms with E-state index in [1.165, 1.54) is 19.2 Å². The topological polar surface area (TPSA) is 120 Å². The molecule has 2 aromatic rings. The fourth-order valence-electron chi connectivity index (χ4n) is 3.51. The molecule has 0 spiro atoms. The van der Waals surface area contributed by atoms with E-state index in [0.29, 0.717) is 5.69 Å². The van der Waals surface area contributed by atoms with Gasteiger partial charge in [0.1, 0.15) is 0 Å². The largest absolute Gasteiger partial charge is 0.477 e.